The summed E-state index contributed by atoms with van der Waals surface area (Å²) in [5.41, 5.74) is 0.436. The van der Waals surface area contributed by atoms with Crippen LogP contribution in [0.4, 0.5) is 5.69 Å². The van der Waals surface area contributed by atoms with E-state index in [-0.39, 0.29) is 5.57 Å². The van der Waals surface area contributed by atoms with Crippen molar-refractivity contribution in [3.63, 3.8) is 0 Å². The van der Waals surface area contributed by atoms with Gasteiger partial charge in [0.05, 0.1) is 10.7 Å². The Morgan fingerprint density at radius 1 is 1.50 bits per heavy atom. The third-order valence-electron chi connectivity index (χ3n) is 2.00. The molecule has 0 saturated heterocycles. The minimum absolute atomic E-state index is 0.0308. The summed E-state index contributed by atoms with van der Waals surface area (Å²) < 4.78 is 0. The highest BCUT2D eigenvalue weighted by Gasteiger charge is 2.10. The number of hydrogen-bond acceptors (Lipinski definition) is 3. The molecule has 0 aliphatic carbocycles. The summed E-state index contributed by atoms with van der Waals surface area (Å²) in [4.78, 5) is 11.8. The van der Waals surface area contributed by atoms with E-state index in [0.717, 1.165) is 0 Å². The lowest BCUT2D eigenvalue weighted by atomic mass is 10.2. The second-order valence-corrected chi connectivity index (χ2v) is 3.71. The molecule has 0 aliphatic rings. The first kappa shape index (κ1) is 13.8. The summed E-state index contributed by atoms with van der Waals surface area (Å²) in [6.07, 6.45) is 2.96. The third kappa shape index (κ3) is 3.96. The van der Waals surface area contributed by atoms with Gasteiger partial charge in [0.25, 0.3) is 5.91 Å². The van der Waals surface area contributed by atoms with Crippen molar-refractivity contribution in [2.75, 3.05) is 11.9 Å². The number of nitrogens with zero attached hydrogens (tertiary/aromatic N) is 1. The minimum atomic E-state index is -0.512. The molecule has 92 valence electrons. The van der Waals surface area contributed by atoms with Crippen LogP contribution < -0.4 is 10.6 Å². The molecule has 0 saturated carbocycles. The van der Waals surface area contributed by atoms with E-state index in [1.54, 1.807) is 30.3 Å². The molecule has 0 bridgehead atoms. The van der Waals surface area contributed by atoms with Gasteiger partial charge in [-0.3, -0.25) is 4.79 Å². The van der Waals surface area contributed by atoms with Crippen LogP contribution in [0.15, 0.2) is 48.7 Å². The molecular formula is C13H12ClN3O. The number of amides is 1. The van der Waals surface area contributed by atoms with Crippen molar-refractivity contribution in [3.8, 4) is 6.07 Å². The van der Waals surface area contributed by atoms with Crippen molar-refractivity contribution >= 4 is 23.2 Å². The van der Waals surface area contributed by atoms with Crippen LogP contribution in [0, 0.1) is 11.3 Å². The Morgan fingerprint density at radius 3 is 2.83 bits per heavy atom. The van der Waals surface area contributed by atoms with Crippen molar-refractivity contribution in [1.82, 2.24) is 5.32 Å². The second-order valence-electron chi connectivity index (χ2n) is 3.30. The van der Waals surface area contributed by atoms with E-state index >= 15 is 0 Å². The van der Waals surface area contributed by atoms with Gasteiger partial charge < -0.3 is 10.6 Å². The van der Waals surface area contributed by atoms with Crippen LogP contribution in [-0.2, 0) is 4.79 Å². The molecule has 0 aliphatic heterocycles. The van der Waals surface area contributed by atoms with Gasteiger partial charge in [-0.05, 0) is 12.1 Å². The van der Waals surface area contributed by atoms with Crippen LogP contribution >= 0.6 is 11.6 Å². The van der Waals surface area contributed by atoms with Gasteiger partial charge in [-0.2, -0.15) is 5.26 Å². The number of para-hydroxylation sites is 1. The molecule has 0 radical (unpaired) electrons. The number of halogens is 1. The Morgan fingerprint density at radius 2 is 2.22 bits per heavy atom. The number of hydrogen-bond donors (Lipinski definition) is 2. The smallest absolute Gasteiger partial charge is 0.267 e. The molecule has 0 unspecified atom stereocenters. The van der Waals surface area contributed by atoms with Gasteiger partial charge in [-0.1, -0.05) is 29.8 Å². The summed E-state index contributed by atoms with van der Waals surface area (Å²) in [5, 5.41) is 14.6. The van der Waals surface area contributed by atoms with E-state index in [1.807, 2.05) is 6.07 Å². The molecule has 0 fully saturated rings. The number of carbonyl (C=O) groups excluding carboxylic acids is 1. The third-order valence-corrected chi connectivity index (χ3v) is 2.33. The number of rotatable bonds is 5. The quantitative estimate of drug-likeness (QED) is 0.370. The normalized spacial score (nSPS) is 10.3. The summed E-state index contributed by atoms with van der Waals surface area (Å²) >= 11 is 5.90. The van der Waals surface area contributed by atoms with Crippen molar-refractivity contribution < 1.29 is 4.79 Å². The first-order chi connectivity index (χ1) is 8.69. The highest BCUT2D eigenvalue weighted by atomic mass is 35.5. The van der Waals surface area contributed by atoms with Gasteiger partial charge in [-0.25, -0.2) is 0 Å². The molecule has 0 atom stereocenters. The molecule has 1 aromatic rings. The van der Waals surface area contributed by atoms with Crippen LogP contribution in [0.5, 0.6) is 0 Å². The predicted octanol–water partition coefficient (Wildman–Crippen LogP) is 2.46. The van der Waals surface area contributed by atoms with E-state index < -0.39 is 5.91 Å². The lowest BCUT2D eigenvalue weighted by Gasteiger charge is -2.06. The zero-order valence-corrected chi connectivity index (χ0v) is 10.4. The molecule has 0 aromatic heterocycles. The van der Waals surface area contributed by atoms with E-state index in [1.165, 1.54) is 6.20 Å². The number of anilines is 1. The Balaban J connectivity index is 2.75. The fraction of sp³-hybridized carbons (Fsp3) is 0.0769. The summed E-state index contributed by atoms with van der Waals surface area (Å²) in [6.45, 7) is 3.99. The van der Waals surface area contributed by atoms with E-state index in [2.05, 4.69) is 17.2 Å². The van der Waals surface area contributed by atoms with Gasteiger partial charge in [-0.15, -0.1) is 6.58 Å². The number of nitrogens with one attached hydrogen (secondary N) is 2. The lowest BCUT2D eigenvalue weighted by molar-refractivity contribution is -0.112. The van der Waals surface area contributed by atoms with Gasteiger partial charge in [0.2, 0.25) is 0 Å². The zero-order chi connectivity index (χ0) is 13.4. The van der Waals surface area contributed by atoms with Crippen molar-refractivity contribution in [2.45, 2.75) is 0 Å². The first-order valence-electron chi connectivity index (χ1n) is 5.19. The summed E-state index contributed by atoms with van der Waals surface area (Å²) in [7, 11) is 0. The molecule has 1 amide bonds. The molecule has 1 rings (SSSR count). The van der Waals surface area contributed by atoms with Crippen LogP contribution in [0.1, 0.15) is 0 Å². The monoisotopic (exact) mass is 261 g/mol. The number of nitriles is 1. The predicted molar refractivity (Wildman–Crippen MR) is 72.0 cm³/mol. The van der Waals surface area contributed by atoms with Gasteiger partial charge in [0.15, 0.2) is 0 Å². The standard InChI is InChI=1S/C13H12ClN3O/c1-2-7-16-9-10(8-15)13(18)17-12-6-4-3-5-11(12)14/h2-6,9,16H,1,7H2,(H,17,18)/b10-9-. The fourth-order valence-corrected chi connectivity index (χ4v) is 1.33. The van der Waals surface area contributed by atoms with Crippen molar-refractivity contribution in [1.29, 1.82) is 5.26 Å². The molecule has 4 nitrogen and oxygen atoms in total. The molecular weight excluding hydrogens is 250 g/mol. The van der Waals surface area contributed by atoms with Crippen molar-refractivity contribution in [3.05, 3.63) is 53.7 Å². The average molecular weight is 262 g/mol. The SMILES string of the molecule is C=CCN/C=C(/C#N)C(=O)Nc1ccccc1Cl. The molecule has 1 aromatic carbocycles. The van der Waals surface area contributed by atoms with Crippen LogP contribution in [-0.4, -0.2) is 12.5 Å². The molecule has 5 heteroatoms. The van der Waals surface area contributed by atoms with E-state index in [4.69, 9.17) is 16.9 Å². The highest BCUT2D eigenvalue weighted by Crippen LogP contribution is 2.20. The Bertz CT molecular complexity index is 517. The maximum absolute atomic E-state index is 11.8. The lowest BCUT2D eigenvalue weighted by Crippen LogP contribution is -2.16. The van der Waals surface area contributed by atoms with Crippen LogP contribution in [0.3, 0.4) is 0 Å². The number of carbonyl (C=O) groups is 1. The minimum Gasteiger partial charge on any atom is -0.386 e. The highest BCUT2D eigenvalue weighted by molar-refractivity contribution is 6.33. The largest absolute Gasteiger partial charge is 0.386 e. The Hall–Kier alpha value is -2.25. The van der Waals surface area contributed by atoms with Crippen LogP contribution in [0.25, 0.3) is 0 Å². The van der Waals surface area contributed by atoms with Crippen molar-refractivity contribution in [2.24, 2.45) is 0 Å². The molecule has 2 N–H and O–H groups in total. The first-order valence-corrected chi connectivity index (χ1v) is 5.57. The van der Waals surface area contributed by atoms with Gasteiger partial charge in [0.1, 0.15) is 11.6 Å². The summed E-state index contributed by atoms with van der Waals surface area (Å²) in [5.74, 6) is -0.512. The van der Waals surface area contributed by atoms with E-state index in [0.29, 0.717) is 17.3 Å². The topological polar surface area (TPSA) is 64.9 Å². The maximum Gasteiger partial charge on any atom is 0.267 e. The number of benzene rings is 1. The molecule has 0 spiro atoms. The van der Waals surface area contributed by atoms with Gasteiger partial charge in [0, 0.05) is 12.7 Å². The van der Waals surface area contributed by atoms with Gasteiger partial charge >= 0.3 is 0 Å². The zero-order valence-electron chi connectivity index (χ0n) is 9.61. The Kier molecular flexibility index (Phi) is 5.49. The van der Waals surface area contributed by atoms with E-state index in [9.17, 15) is 4.79 Å². The fourth-order valence-electron chi connectivity index (χ4n) is 1.15. The second kappa shape index (κ2) is 7.15. The Labute approximate surface area is 111 Å². The molecule has 0 heterocycles. The summed E-state index contributed by atoms with van der Waals surface area (Å²) in [6, 6.07) is 8.62. The maximum atomic E-state index is 11.8. The van der Waals surface area contributed by atoms with Crippen LogP contribution in [0.2, 0.25) is 5.02 Å². The average Bonchev–Trinajstić information content (AvgIpc) is 2.37. The molecule has 18 heavy (non-hydrogen) atoms.